The summed E-state index contributed by atoms with van der Waals surface area (Å²) in [7, 11) is -3.14. The number of sulfonamides is 1. The first kappa shape index (κ1) is 18.8. The molecular formula is C17H27N3O3S2. The molecule has 0 aliphatic carbocycles. The molecule has 0 saturated carbocycles. The first-order chi connectivity index (χ1) is 11.8. The lowest BCUT2D eigenvalue weighted by molar-refractivity contribution is 0.0315. The number of hydrogen-bond acceptors (Lipinski definition) is 5. The maximum absolute atomic E-state index is 12.7. The van der Waals surface area contributed by atoms with Crippen molar-refractivity contribution in [3.63, 3.8) is 0 Å². The molecule has 0 N–H and O–H groups in total. The highest BCUT2D eigenvalue weighted by Crippen LogP contribution is 2.33. The summed E-state index contributed by atoms with van der Waals surface area (Å²) < 4.78 is 25.4. The lowest BCUT2D eigenvalue weighted by atomic mass is 9.92. The van der Waals surface area contributed by atoms with Gasteiger partial charge < -0.3 is 4.90 Å². The second-order valence-electron chi connectivity index (χ2n) is 7.14. The van der Waals surface area contributed by atoms with Crippen molar-refractivity contribution in [2.45, 2.75) is 32.2 Å². The Kier molecular flexibility index (Phi) is 5.26. The molecule has 8 heteroatoms. The van der Waals surface area contributed by atoms with Crippen molar-refractivity contribution in [3.05, 3.63) is 21.9 Å². The van der Waals surface area contributed by atoms with Gasteiger partial charge >= 0.3 is 0 Å². The molecule has 1 amide bonds. The Balaban J connectivity index is 1.65. The molecule has 3 heterocycles. The highest BCUT2D eigenvalue weighted by molar-refractivity contribution is 7.88. The summed E-state index contributed by atoms with van der Waals surface area (Å²) in [5.74, 6) is 0.127. The zero-order valence-corrected chi connectivity index (χ0v) is 16.8. The summed E-state index contributed by atoms with van der Waals surface area (Å²) in [6, 6.07) is 1.98. The maximum atomic E-state index is 12.7. The second kappa shape index (κ2) is 6.98. The Labute approximate surface area is 154 Å². The van der Waals surface area contributed by atoms with Crippen molar-refractivity contribution in [2.75, 3.05) is 45.5 Å². The zero-order valence-electron chi connectivity index (χ0n) is 15.2. The molecule has 6 nitrogen and oxygen atoms in total. The van der Waals surface area contributed by atoms with Gasteiger partial charge in [0.1, 0.15) is 0 Å². The molecule has 1 aromatic heterocycles. The molecular weight excluding hydrogens is 358 g/mol. The maximum Gasteiger partial charge on any atom is 0.264 e. The predicted molar refractivity (Wildman–Crippen MR) is 101 cm³/mol. The molecule has 0 radical (unpaired) electrons. The summed E-state index contributed by atoms with van der Waals surface area (Å²) in [4.78, 5) is 17.8. The van der Waals surface area contributed by atoms with Crippen LogP contribution in [-0.2, 0) is 10.0 Å². The molecule has 1 aromatic rings. The smallest absolute Gasteiger partial charge is 0.264 e. The van der Waals surface area contributed by atoms with Crippen LogP contribution in [0.2, 0.25) is 0 Å². The largest absolute Gasteiger partial charge is 0.335 e. The van der Waals surface area contributed by atoms with E-state index in [1.54, 1.807) is 4.31 Å². The summed E-state index contributed by atoms with van der Waals surface area (Å²) in [5.41, 5.74) is 0.957. The molecule has 2 aliphatic heterocycles. The Hall–Kier alpha value is -0.960. The number of amides is 1. The van der Waals surface area contributed by atoms with Crippen LogP contribution in [0.15, 0.2) is 11.4 Å². The third-order valence-corrected chi connectivity index (χ3v) is 7.97. The molecule has 25 heavy (non-hydrogen) atoms. The van der Waals surface area contributed by atoms with Gasteiger partial charge in [0.25, 0.3) is 5.91 Å². The van der Waals surface area contributed by atoms with Crippen LogP contribution in [0.4, 0.5) is 0 Å². The minimum atomic E-state index is -3.14. The topological polar surface area (TPSA) is 60.9 Å². The number of carbonyl (C=O) groups excluding carboxylic acids is 1. The molecule has 0 spiro atoms. The predicted octanol–water partition coefficient (Wildman–Crippen LogP) is 1.63. The fourth-order valence-corrected chi connectivity index (χ4v) is 5.78. The normalized spacial score (nSPS) is 26.3. The van der Waals surface area contributed by atoms with Gasteiger partial charge in [0, 0.05) is 44.8 Å². The van der Waals surface area contributed by atoms with Crippen molar-refractivity contribution in [1.82, 2.24) is 14.1 Å². The van der Waals surface area contributed by atoms with Gasteiger partial charge in [-0.2, -0.15) is 0 Å². The van der Waals surface area contributed by atoms with E-state index in [-0.39, 0.29) is 11.4 Å². The number of carbonyl (C=O) groups is 1. The number of rotatable bonds is 4. The van der Waals surface area contributed by atoms with E-state index < -0.39 is 10.0 Å². The minimum Gasteiger partial charge on any atom is -0.335 e. The van der Waals surface area contributed by atoms with Gasteiger partial charge in [-0.1, -0.05) is 6.92 Å². The molecule has 0 unspecified atom stereocenters. The molecule has 0 aromatic carbocycles. The quantitative estimate of drug-likeness (QED) is 0.790. The third-order valence-electron chi connectivity index (χ3n) is 5.72. The SMILES string of the molecule is CC[C@]1(N2CCN(C(=O)c3sccc3C)CC2)CCN(S(C)(=O)=O)C1. The van der Waals surface area contributed by atoms with Crippen LogP contribution in [-0.4, -0.2) is 79.5 Å². The molecule has 2 aliphatic rings. The highest BCUT2D eigenvalue weighted by atomic mass is 32.2. The Bertz CT molecular complexity index is 738. The monoisotopic (exact) mass is 385 g/mol. The van der Waals surface area contributed by atoms with E-state index in [1.165, 1.54) is 17.6 Å². The lowest BCUT2D eigenvalue weighted by Gasteiger charge is -2.45. The Morgan fingerprint density at radius 3 is 2.40 bits per heavy atom. The number of hydrogen-bond donors (Lipinski definition) is 0. The summed E-state index contributed by atoms with van der Waals surface area (Å²) >= 11 is 1.51. The Morgan fingerprint density at radius 2 is 1.92 bits per heavy atom. The van der Waals surface area contributed by atoms with E-state index in [2.05, 4.69) is 11.8 Å². The van der Waals surface area contributed by atoms with Crippen LogP contribution < -0.4 is 0 Å². The van der Waals surface area contributed by atoms with Gasteiger partial charge in [0.15, 0.2) is 0 Å². The van der Waals surface area contributed by atoms with Crippen LogP contribution in [0.25, 0.3) is 0 Å². The van der Waals surface area contributed by atoms with Crippen LogP contribution in [0.3, 0.4) is 0 Å². The van der Waals surface area contributed by atoms with Crippen LogP contribution in [0.1, 0.15) is 35.0 Å². The standard InChI is InChI=1S/C17H27N3O3S2/c1-4-17(6-7-20(13-17)25(3,22)23)19-10-8-18(9-11-19)16(21)15-14(2)5-12-24-15/h5,12H,4,6-11,13H2,1-3H3/t17-/m0/s1. The van der Waals surface area contributed by atoms with Gasteiger partial charge in [-0.25, -0.2) is 12.7 Å². The fraction of sp³-hybridized carbons (Fsp3) is 0.706. The highest BCUT2D eigenvalue weighted by Gasteiger charge is 2.45. The molecule has 2 saturated heterocycles. The van der Waals surface area contributed by atoms with Gasteiger partial charge in [0.2, 0.25) is 10.0 Å². The van der Waals surface area contributed by atoms with E-state index in [0.29, 0.717) is 26.2 Å². The molecule has 1 atom stereocenters. The van der Waals surface area contributed by atoms with Crippen molar-refractivity contribution in [3.8, 4) is 0 Å². The van der Waals surface area contributed by atoms with E-state index in [0.717, 1.165) is 36.4 Å². The minimum absolute atomic E-state index is 0.0862. The summed E-state index contributed by atoms with van der Waals surface area (Å²) in [6.45, 7) is 8.31. The number of aryl methyl sites for hydroxylation is 1. The van der Waals surface area contributed by atoms with Crippen molar-refractivity contribution >= 4 is 27.3 Å². The average molecular weight is 386 g/mol. The molecule has 140 valence electrons. The average Bonchev–Trinajstić information content (AvgIpc) is 3.21. The number of nitrogens with zero attached hydrogens (tertiary/aromatic N) is 3. The van der Waals surface area contributed by atoms with Crippen molar-refractivity contribution in [1.29, 1.82) is 0 Å². The first-order valence-corrected chi connectivity index (χ1v) is 11.5. The number of piperazine rings is 1. The second-order valence-corrected chi connectivity index (χ2v) is 10.0. The summed E-state index contributed by atoms with van der Waals surface area (Å²) in [5, 5.41) is 1.96. The van der Waals surface area contributed by atoms with E-state index in [9.17, 15) is 13.2 Å². The summed E-state index contributed by atoms with van der Waals surface area (Å²) in [6.07, 6.45) is 3.09. The van der Waals surface area contributed by atoms with E-state index in [4.69, 9.17) is 0 Å². The number of thiophene rings is 1. The lowest BCUT2D eigenvalue weighted by Crippen LogP contribution is -2.59. The molecule has 0 bridgehead atoms. The van der Waals surface area contributed by atoms with Crippen LogP contribution in [0, 0.1) is 6.92 Å². The molecule has 3 rings (SSSR count). The third kappa shape index (κ3) is 3.63. The van der Waals surface area contributed by atoms with E-state index >= 15 is 0 Å². The first-order valence-electron chi connectivity index (χ1n) is 8.80. The molecule has 2 fully saturated rings. The van der Waals surface area contributed by atoms with Gasteiger partial charge in [-0.15, -0.1) is 11.3 Å². The van der Waals surface area contributed by atoms with Crippen LogP contribution >= 0.6 is 11.3 Å². The van der Waals surface area contributed by atoms with Gasteiger partial charge in [0.05, 0.1) is 11.1 Å². The Morgan fingerprint density at radius 1 is 1.24 bits per heavy atom. The van der Waals surface area contributed by atoms with Crippen LogP contribution in [0.5, 0.6) is 0 Å². The zero-order chi connectivity index (χ0) is 18.2. The van der Waals surface area contributed by atoms with Crippen molar-refractivity contribution < 1.29 is 13.2 Å². The van der Waals surface area contributed by atoms with E-state index in [1.807, 2.05) is 23.3 Å². The van der Waals surface area contributed by atoms with Gasteiger partial charge in [-0.05, 0) is 36.8 Å². The van der Waals surface area contributed by atoms with Gasteiger partial charge in [-0.3, -0.25) is 9.69 Å². The fourth-order valence-electron chi connectivity index (χ4n) is 3.99. The van der Waals surface area contributed by atoms with Crippen molar-refractivity contribution in [2.24, 2.45) is 0 Å².